The highest BCUT2D eigenvalue weighted by molar-refractivity contribution is 5.93. The van der Waals surface area contributed by atoms with Crippen LogP contribution in [0.4, 0.5) is 5.69 Å². The van der Waals surface area contributed by atoms with E-state index in [1.54, 1.807) is 16.7 Å². The van der Waals surface area contributed by atoms with Crippen LogP contribution in [-0.2, 0) is 6.54 Å². The van der Waals surface area contributed by atoms with Gasteiger partial charge >= 0.3 is 5.69 Å². The molecule has 4 saturated carbocycles. The Morgan fingerprint density at radius 1 is 1.00 bits per heavy atom. The maximum absolute atomic E-state index is 13.3. The highest BCUT2D eigenvalue weighted by atomic mass is 16.6. The minimum Gasteiger partial charge on any atom is -0.291 e. The van der Waals surface area contributed by atoms with Gasteiger partial charge < -0.3 is 0 Å². The average Bonchev–Trinajstić information content (AvgIpc) is 2.74. The lowest BCUT2D eigenvalue weighted by molar-refractivity contribution is -0.384. The van der Waals surface area contributed by atoms with Crippen molar-refractivity contribution in [2.75, 3.05) is 0 Å². The molecule has 0 aliphatic heterocycles. The highest BCUT2D eigenvalue weighted by Crippen LogP contribution is 2.60. The quantitative estimate of drug-likeness (QED) is 0.434. The fraction of sp³-hybridized carbons (Fsp3) is 0.440. The number of hydrogen-bond donors (Lipinski definition) is 0. The van der Waals surface area contributed by atoms with Crippen molar-refractivity contribution in [1.29, 1.82) is 0 Å². The smallest absolute Gasteiger partial charge is 0.291 e. The van der Waals surface area contributed by atoms with Crippen LogP contribution < -0.4 is 5.69 Å². The molecule has 6 nitrogen and oxygen atoms in total. The summed E-state index contributed by atoms with van der Waals surface area (Å²) in [4.78, 5) is 28.8. The zero-order chi connectivity index (χ0) is 21.2. The number of nitro benzene ring substituents is 1. The summed E-state index contributed by atoms with van der Waals surface area (Å²) < 4.78 is 1.80. The van der Waals surface area contributed by atoms with Crippen molar-refractivity contribution >= 4 is 16.6 Å². The molecule has 4 aliphatic carbocycles. The van der Waals surface area contributed by atoms with Gasteiger partial charge in [0.15, 0.2) is 0 Å². The lowest BCUT2D eigenvalue weighted by atomic mass is 9.49. The van der Waals surface area contributed by atoms with Crippen molar-refractivity contribution in [2.45, 2.75) is 45.1 Å². The number of rotatable bonds is 4. The van der Waals surface area contributed by atoms with E-state index < -0.39 is 0 Å². The second-order valence-corrected chi connectivity index (χ2v) is 10.1. The number of nitro groups is 1. The van der Waals surface area contributed by atoms with E-state index in [-0.39, 0.29) is 21.7 Å². The van der Waals surface area contributed by atoms with E-state index in [0.29, 0.717) is 17.6 Å². The van der Waals surface area contributed by atoms with Crippen LogP contribution in [0.15, 0.2) is 53.3 Å². The number of fused-ring (bicyclic) bond motifs is 1. The molecule has 0 radical (unpaired) electrons. The van der Waals surface area contributed by atoms with Crippen LogP contribution in [0, 0.1) is 33.3 Å². The molecule has 1 heterocycles. The number of non-ortho nitro benzene ring substituents is 1. The van der Waals surface area contributed by atoms with Crippen LogP contribution in [0.1, 0.15) is 38.5 Å². The lowest BCUT2D eigenvalue weighted by Gasteiger charge is -2.57. The molecule has 0 saturated heterocycles. The second kappa shape index (κ2) is 6.74. The van der Waals surface area contributed by atoms with Crippen LogP contribution in [0.25, 0.3) is 22.2 Å². The third-order valence-electron chi connectivity index (χ3n) is 7.88. The molecule has 7 rings (SSSR count). The summed E-state index contributed by atoms with van der Waals surface area (Å²) in [5, 5.41) is 12.1. The number of aromatic nitrogens is 2. The Hall–Kier alpha value is -3.02. The lowest BCUT2D eigenvalue weighted by Crippen LogP contribution is -2.49. The highest BCUT2D eigenvalue weighted by Gasteiger charge is 2.51. The van der Waals surface area contributed by atoms with Gasteiger partial charge in [0.2, 0.25) is 0 Å². The molecule has 158 valence electrons. The van der Waals surface area contributed by atoms with Gasteiger partial charge in [0.1, 0.15) is 0 Å². The second-order valence-electron chi connectivity index (χ2n) is 10.1. The van der Waals surface area contributed by atoms with E-state index in [1.165, 1.54) is 44.6 Å². The summed E-state index contributed by atoms with van der Waals surface area (Å²) in [5.41, 5.74) is 2.00. The average molecular weight is 415 g/mol. The molecule has 2 aromatic carbocycles. The number of benzene rings is 2. The van der Waals surface area contributed by atoms with Gasteiger partial charge in [-0.3, -0.25) is 14.7 Å². The molecule has 0 atom stereocenters. The molecule has 31 heavy (non-hydrogen) atoms. The Morgan fingerprint density at radius 2 is 1.65 bits per heavy atom. The van der Waals surface area contributed by atoms with Gasteiger partial charge in [0.05, 0.1) is 16.1 Å². The van der Waals surface area contributed by atoms with Gasteiger partial charge in [-0.15, -0.1) is 0 Å². The minimum absolute atomic E-state index is 0.0199. The minimum atomic E-state index is -0.386. The Balaban J connectivity index is 1.52. The van der Waals surface area contributed by atoms with Crippen LogP contribution in [-0.4, -0.2) is 14.5 Å². The third-order valence-corrected chi connectivity index (χ3v) is 7.88. The summed E-state index contributed by atoms with van der Waals surface area (Å²) in [7, 11) is 0. The van der Waals surface area contributed by atoms with Crippen molar-refractivity contribution in [2.24, 2.45) is 23.2 Å². The first-order valence-corrected chi connectivity index (χ1v) is 11.2. The SMILES string of the molecule is O=c1nc(-c2ccccc2)c2cc([N+](=O)[O-])ccc2n1CC12CC3CC(CC(C3)C1)C2. The van der Waals surface area contributed by atoms with Gasteiger partial charge in [-0.2, -0.15) is 4.98 Å². The fourth-order valence-corrected chi connectivity index (χ4v) is 7.17. The number of hydrogen-bond acceptors (Lipinski definition) is 4. The van der Waals surface area contributed by atoms with Crippen LogP contribution >= 0.6 is 0 Å². The van der Waals surface area contributed by atoms with Crippen molar-refractivity contribution in [3.63, 3.8) is 0 Å². The topological polar surface area (TPSA) is 78.0 Å². The van der Waals surface area contributed by atoms with Gasteiger partial charge in [-0.05, 0) is 67.8 Å². The third kappa shape index (κ3) is 3.08. The van der Waals surface area contributed by atoms with Crippen molar-refractivity contribution in [3.05, 3.63) is 69.1 Å². The summed E-state index contributed by atoms with van der Waals surface area (Å²) >= 11 is 0. The van der Waals surface area contributed by atoms with E-state index in [4.69, 9.17) is 0 Å². The zero-order valence-corrected chi connectivity index (χ0v) is 17.4. The van der Waals surface area contributed by atoms with Crippen molar-refractivity contribution in [1.82, 2.24) is 9.55 Å². The van der Waals surface area contributed by atoms with Crippen LogP contribution in [0.5, 0.6) is 0 Å². The van der Waals surface area contributed by atoms with Crippen LogP contribution in [0.3, 0.4) is 0 Å². The molecule has 6 heteroatoms. The number of nitrogens with zero attached hydrogens (tertiary/aromatic N) is 3. The molecule has 0 unspecified atom stereocenters. The monoisotopic (exact) mass is 415 g/mol. The summed E-state index contributed by atoms with van der Waals surface area (Å²) in [6.07, 6.45) is 7.64. The summed E-state index contributed by atoms with van der Waals surface area (Å²) in [6.45, 7) is 0.672. The van der Waals surface area contributed by atoms with E-state index in [0.717, 1.165) is 28.8 Å². The molecule has 4 fully saturated rings. The largest absolute Gasteiger partial charge is 0.348 e. The molecule has 0 amide bonds. The van der Waals surface area contributed by atoms with E-state index in [9.17, 15) is 14.9 Å². The van der Waals surface area contributed by atoms with Gasteiger partial charge in [-0.1, -0.05) is 30.3 Å². The van der Waals surface area contributed by atoms with Gasteiger partial charge in [0, 0.05) is 29.6 Å². The van der Waals surface area contributed by atoms with E-state index in [2.05, 4.69) is 4.98 Å². The Labute approximate surface area is 180 Å². The maximum atomic E-state index is 13.3. The van der Waals surface area contributed by atoms with Gasteiger partial charge in [-0.25, -0.2) is 4.79 Å². The van der Waals surface area contributed by atoms with Crippen LogP contribution in [0.2, 0.25) is 0 Å². The predicted octanol–water partition coefficient (Wildman–Crippen LogP) is 5.19. The van der Waals surface area contributed by atoms with Crippen molar-refractivity contribution < 1.29 is 4.92 Å². The van der Waals surface area contributed by atoms with E-state index >= 15 is 0 Å². The van der Waals surface area contributed by atoms with Gasteiger partial charge in [0.25, 0.3) is 5.69 Å². The molecule has 0 spiro atoms. The fourth-order valence-electron chi connectivity index (χ4n) is 7.17. The van der Waals surface area contributed by atoms with E-state index in [1.807, 2.05) is 30.3 Å². The zero-order valence-electron chi connectivity index (χ0n) is 17.4. The Bertz CT molecular complexity index is 1210. The molecule has 3 aromatic rings. The maximum Gasteiger partial charge on any atom is 0.348 e. The summed E-state index contributed by atoms with van der Waals surface area (Å²) in [5.74, 6) is 2.39. The molecule has 4 aliphatic rings. The standard InChI is InChI=1S/C25H25N3O3/c29-24-26-23(19-4-2-1-3-5-19)21-11-20(28(30)31)6-7-22(21)27(24)15-25-12-16-8-17(13-25)10-18(9-16)14-25/h1-7,11,16-18H,8-10,12-15H2. The Kier molecular flexibility index (Phi) is 4.07. The summed E-state index contributed by atoms with van der Waals surface area (Å²) in [6, 6.07) is 14.3. The molecule has 0 N–H and O–H groups in total. The Morgan fingerprint density at radius 3 is 2.26 bits per heavy atom. The first-order valence-electron chi connectivity index (χ1n) is 11.2. The first kappa shape index (κ1) is 18.7. The predicted molar refractivity (Wildman–Crippen MR) is 119 cm³/mol. The first-order chi connectivity index (χ1) is 15.0. The molecular weight excluding hydrogens is 390 g/mol. The molecule has 4 bridgehead atoms. The normalized spacial score (nSPS) is 28.8. The van der Waals surface area contributed by atoms with Crippen molar-refractivity contribution in [3.8, 4) is 11.3 Å². The molecule has 1 aromatic heterocycles. The molecular formula is C25H25N3O3.